The predicted octanol–water partition coefficient (Wildman–Crippen LogP) is 0.278. The number of nitrogens with two attached hydrogens (primary N) is 1. The number of nitrogens with zero attached hydrogens (tertiary/aromatic N) is 3. The van der Waals surface area contributed by atoms with E-state index in [0.29, 0.717) is 11.7 Å². The van der Waals surface area contributed by atoms with Crippen molar-refractivity contribution in [3.8, 4) is 0 Å². The molecular formula is C11H19N5O. The van der Waals surface area contributed by atoms with Crippen LogP contribution in [0.2, 0.25) is 0 Å². The van der Waals surface area contributed by atoms with Crippen LogP contribution in [0.4, 0.5) is 11.6 Å². The molecule has 1 aliphatic rings. The molecule has 2 unspecified atom stereocenters. The molecule has 1 fully saturated rings. The molecule has 2 heterocycles. The molecule has 6 heteroatoms. The largest absolute Gasteiger partial charge is 0.393 e. The number of hydrogen-bond donors (Lipinski definition) is 3. The molecule has 17 heavy (non-hydrogen) atoms. The third-order valence-corrected chi connectivity index (χ3v) is 3.40. The van der Waals surface area contributed by atoms with Crippen LogP contribution in [0.15, 0.2) is 6.33 Å². The average molecular weight is 237 g/mol. The van der Waals surface area contributed by atoms with Gasteiger partial charge in [-0.25, -0.2) is 15.8 Å². The van der Waals surface area contributed by atoms with Gasteiger partial charge in [0.15, 0.2) is 0 Å². The van der Waals surface area contributed by atoms with Crippen molar-refractivity contribution >= 4 is 11.6 Å². The van der Waals surface area contributed by atoms with E-state index >= 15 is 0 Å². The van der Waals surface area contributed by atoms with Crippen LogP contribution in [0.25, 0.3) is 0 Å². The van der Waals surface area contributed by atoms with Gasteiger partial charge >= 0.3 is 0 Å². The van der Waals surface area contributed by atoms with Crippen molar-refractivity contribution in [2.75, 3.05) is 23.4 Å². The van der Waals surface area contributed by atoms with Crippen molar-refractivity contribution in [3.05, 3.63) is 11.9 Å². The molecule has 1 saturated heterocycles. The second kappa shape index (κ2) is 4.85. The minimum atomic E-state index is -0.269. The Hall–Kier alpha value is -1.40. The van der Waals surface area contributed by atoms with Crippen LogP contribution < -0.4 is 16.2 Å². The van der Waals surface area contributed by atoms with Gasteiger partial charge in [0.05, 0.1) is 6.10 Å². The van der Waals surface area contributed by atoms with Crippen molar-refractivity contribution in [2.45, 2.75) is 26.4 Å². The maximum absolute atomic E-state index is 9.60. The van der Waals surface area contributed by atoms with Crippen LogP contribution in [0.5, 0.6) is 0 Å². The summed E-state index contributed by atoms with van der Waals surface area (Å²) in [6.07, 6.45) is 2.23. The van der Waals surface area contributed by atoms with E-state index in [1.54, 1.807) is 0 Å². The summed E-state index contributed by atoms with van der Waals surface area (Å²) in [7, 11) is 0. The molecule has 2 atom stereocenters. The first kappa shape index (κ1) is 12.1. The van der Waals surface area contributed by atoms with Crippen LogP contribution in [-0.2, 0) is 0 Å². The molecule has 94 valence electrons. The summed E-state index contributed by atoms with van der Waals surface area (Å²) in [5.41, 5.74) is 3.51. The lowest BCUT2D eigenvalue weighted by atomic mass is 10.0. The van der Waals surface area contributed by atoms with Gasteiger partial charge in [-0.15, -0.1) is 0 Å². The molecule has 4 N–H and O–H groups in total. The zero-order chi connectivity index (χ0) is 12.4. The van der Waals surface area contributed by atoms with Gasteiger partial charge in [0.2, 0.25) is 0 Å². The Morgan fingerprint density at radius 3 is 2.94 bits per heavy atom. The lowest BCUT2D eigenvalue weighted by molar-refractivity contribution is 0.136. The number of aromatic nitrogens is 2. The molecule has 0 bridgehead atoms. The van der Waals surface area contributed by atoms with E-state index in [1.165, 1.54) is 6.33 Å². The summed E-state index contributed by atoms with van der Waals surface area (Å²) in [6.45, 7) is 5.53. The highest BCUT2D eigenvalue weighted by Crippen LogP contribution is 2.28. The summed E-state index contributed by atoms with van der Waals surface area (Å²) < 4.78 is 0. The molecule has 2 rings (SSSR count). The zero-order valence-corrected chi connectivity index (χ0v) is 10.2. The number of aliphatic hydroxyl groups is 1. The van der Waals surface area contributed by atoms with E-state index in [-0.39, 0.29) is 6.10 Å². The van der Waals surface area contributed by atoms with Gasteiger partial charge in [-0.1, -0.05) is 0 Å². The SMILES string of the molecule is Cc1c(NN)ncnc1N1CCC(C(C)O)C1. The molecule has 1 aromatic heterocycles. The first-order chi connectivity index (χ1) is 8.13. The number of nitrogens with one attached hydrogen (secondary N) is 1. The first-order valence-corrected chi connectivity index (χ1v) is 5.84. The zero-order valence-electron chi connectivity index (χ0n) is 10.2. The maximum Gasteiger partial charge on any atom is 0.148 e. The fourth-order valence-corrected chi connectivity index (χ4v) is 2.28. The minimum Gasteiger partial charge on any atom is -0.393 e. The van der Waals surface area contributed by atoms with Crippen molar-refractivity contribution in [2.24, 2.45) is 11.8 Å². The number of hydrazine groups is 1. The highest BCUT2D eigenvalue weighted by Gasteiger charge is 2.28. The van der Waals surface area contributed by atoms with Crippen LogP contribution in [0.1, 0.15) is 18.9 Å². The van der Waals surface area contributed by atoms with Crippen molar-refractivity contribution in [1.82, 2.24) is 9.97 Å². The normalized spacial score (nSPS) is 21.6. The Bertz CT molecular complexity index is 395. The van der Waals surface area contributed by atoms with E-state index in [9.17, 15) is 5.11 Å². The molecule has 0 aromatic carbocycles. The summed E-state index contributed by atoms with van der Waals surface area (Å²) in [5, 5.41) is 9.60. The third-order valence-electron chi connectivity index (χ3n) is 3.40. The Kier molecular flexibility index (Phi) is 3.44. The number of rotatable bonds is 3. The monoisotopic (exact) mass is 237 g/mol. The van der Waals surface area contributed by atoms with E-state index in [0.717, 1.165) is 30.9 Å². The van der Waals surface area contributed by atoms with E-state index in [1.807, 2.05) is 13.8 Å². The highest BCUT2D eigenvalue weighted by molar-refractivity contribution is 5.57. The summed E-state index contributed by atoms with van der Waals surface area (Å²) in [5.74, 6) is 7.26. The fourth-order valence-electron chi connectivity index (χ4n) is 2.28. The predicted molar refractivity (Wildman–Crippen MR) is 66.6 cm³/mol. The van der Waals surface area contributed by atoms with Crippen LogP contribution in [-0.4, -0.2) is 34.3 Å². The second-order valence-electron chi connectivity index (χ2n) is 4.55. The summed E-state index contributed by atoms with van der Waals surface area (Å²) >= 11 is 0. The van der Waals surface area contributed by atoms with Crippen molar-refractivity contribution in [3.63, 3.8) is 0 Å². The smallest absolute Gasteiger partial charge is 0.148 e. The minimum absolute atomic E-state index is 0.269. The Labute approximate surface area is 101 Å². The van der Waals surface area contributed by atoms with E-state index in [4.69, 9.17) is 5.84 Å². The van der Waals surface area contributed by atoms with Crippen LogP contribution in [0.3, 0.4) is 0 Å². The molecule has 0 amide bonds. The Balaban J connectivity index is 2.19. The first-order valence-electron chi connectivity index (χ1n) is 5.84. The fraction of sp³-hybridized carbons (Fsp3) is 0.636. The lowest BCUT2D eigenvalue weighted by Crippen LogP contribution is -2.26. The number of aliphatic hydroxyl groups excluding tert-OH is 1. The standard InChI is InChI=1S/C11H19N5O/c1-7-10(15-12)13-6-14-11(7)16-4-3-9(5-16)8(2)17/h6,8-9,17H,3-5,12H2,1-2H3,(H,13,14,15). The van der Waals surface area contributed by atoms with Crippen LogP contribution >= 0.6 is 0 Å². The van der Waals surface area contributed by atoms with Gasteiger partial charge in [0, 0.05) is 24.6 Å². The molecule has 0 aliphatic carbocycles. The summed E-state index contributed by atoms with van der Waals surface area (Å²) in [4.78, 5) is 10.5. The van der Waals surface area contributed by atoms with Gasteiger partial charge in [0.25, 0.3) is 0 Å². The van der Waals surface area contributed by atoms with Gasteiger partial charge in [0.1, 0.15) is 18.0 Å². The Morgan fingerprint density at radius 2 is 2.35 bits per heavy atom. The number of nitrogen functional groups attached to an aromatic ring is 1. The second-order valence-corrected chi connectivity index (χ2v) is 4.55. The molecule has 1 aromatic rings. The van der Waals surface area contributed by atoms with Gasteiger partial charge in [-0.05, 0) is 20.3 Å². The van der Waals surface area contributed by atoms with Gasteiger partial charge in [-0.2, -0.15) is 0 Å². The number of anilines is 2. The molecule has 0 saturated carbocycles. The lowest BCUT2D eigenvalue weighted by Gasteiger charge is -2.21. The van der Waals surface area contributed by atoms with E-state index in [2.05, 4.69) is 20.3 Å². The molecule has 1 aliphatic heterocycles. The quantitative estimate of drug-likeness (QED) is 0.517. The average Bonchev–Trinajstić information content (AvgIpc) is 2.78. The molecule has 6 nitrogen and oxygen atoms in total. The van der Waals surface area contributed by atoms with Gasteiger partial charge in [-0.3, -0.25) is 0 Å². The number of hydrogen-bond acceptors (Lipinski definition) is 6. The van der Waals surface area contributed by atoms with Crippen molar-refractivity contribution in [1.29, 1.82) is 0 Å². The van der Waals surface area contributed by atoms with Crippen LogP contribution in [0, 0.1) is 12.8 Å². The van der Waals surface area contributed by atoms with E-state index < -0.39 is 0 Å². The Morgan fingerprint density at radius 1 is 1.59 bits per heavy atom. The molecule has 0 spiro atoms. The maximum atomic E-state index is 9.60. The molecular weight excluding hydrogens is 218 g/mol. The molecule has 0 radical (unpaired) electrons. The third kappa shape index (κ3) is 2.32. The summed E-state index contributed by atoms with van der Waals surface area (Å²) in [6, 6.07) is 0. The van der Waals surface area contributed by atoms with Crippen molar-refractivity contribution < 1.29 is 5.11 Å². The highest BCUT2D eigenvalue weighted by atomic mass is 16.3. The van der Waals surface area contributed by atoms with Gasteiger partial charge < -0.3 is 15.4 Å². The topological polar surface area (TPSA) is 87.3 Å².